The predicted molar refractivity (Wildman–Crippen MR) is 113 cm³/mol. The molecule has 0 spiro atoms. The lowest BCUT2D eigenvalue weighted by Gasteiger charge is -2.32. The zero-order valence-corrected chi connectivity index (χ0v) is 17.4. The lowest BCUT2D eigenvalue weighted by atomic mass is 9.99. The molecule has 0 unspecified atom stereocenters. The van der Waals surface area contributed by atoms with Crippen LogP contribution >= 0.6 is 0 Å². The van der Waals surface area contributed by atoms with Crippen molar-refractivity contribution in [1.29, 1.82) is 0 Å². The Morgan fingerprint density at radius 2 is 2.12 bits per heavy atom. The summed E-state index contributed by atoms with van der Waals surface area (Å²) >= 11 is 0. The molecule has 0 radical (unpaired) electrons. The monoisotopic (exact) mass is 444 g/mol. The molecule has 1 aliphatic rings. The van der Waals surface area contributed by atoms with Crippen molar-refractivity contribution < 1.29 is 13.6 Å². The molecular formula is C22H17FN8O2. The maximum atomic E-state index is 14.1. The number of pyridine rings is 2. The van der Waals surface area contributed by atoms with Gasteiger partial charge in [-0.05, 0) is 37.3 Å². The number of halogens is 1. The van der Waals surface area contributed by atoms with E-state index in [0.29, 0.717) is 24.4 Å². The molecule has 0 saturated carbocycles. The van der Waals surface area contributed by atoms with E-state index < -0.39 is 17.8 Å². The number of aromatic amines is 1. The van der Waals surface area contributed by atoms with E-state index in [1.54, 1.807) is 11.2 Å². The van der Waals surface area contributed by atoms with Crippen LogP contribution in [0.3, 0.4) is 0 Å². The molecule has 1 amide bonds. The van der Waals surface area contributed by atoms with Gasteiger partial charge in [-0.15, -0.1) is 10.2 Å². The largest absolute Gasteiger partial charge is 0.411 e. The highest BCUT2D eigenvalue weighted by atomic mass is 19.1. The van der Waals surface area contributed by atoms with E-state index in [1.807, 2.05) is 35.7 Å². The molecule has 0 saturated heterocycles. The molecule has 5 aromatic rings. The first-order chi connectivity index (χ1) is 16.1. The minimum absolute atomic E-state index is 0.107. The minimum Gasteiger partial charge on any atom is -0.411 e. The van der Waals surface area contributed by atoms with E-state index in [0.717, 1.165) is 16.9 Å². The van der Waals surface area contributed by atoms with Crippen LogP contribution in [0.15, 0.2) is 53.3 Å². The van der Waals surface area contributed by atoms with Crippen LogP contribution in [0.2, 0.25) is 0 Å². The number of amides is 1. The van der Waals surface area contributed by atoms with Gasteiger partial charge in [0.25, 0.3) is 5.89 Å². The fourth-order valence-electron chi connectivity index (χ4n) is 4.17. The molecule has 6 rings (SSSR count). The molecule has 0 aromatic carbocycles. The van der Waals surface area contributed by atoms with E-state index in [2.05, 4.69) is 25.1 Å². The van der Waals surface area contributed by atoms with E-state index in [1.165, 1.54) is 18.3 Å². The average Bonchev–Trinajstić information content (AvgIpc) is 3.57. The van der Waals surface area contributed by atoms with E-state index in [4.69, 9.17) is 9.52 Å². The second-order valence-electron chi connectivity index (χ2n) is 7.74. The van der Waals surface area contributed by atoms with Gasteiger partial charge in [0.15, 0.2) is 11.5 Å². The maximum absolute atomic E-state index is 14.1. The first-order valence-corrected chi connectivity index (χ1v) is 10.3. The number of aryl methyl sites for hydroxylation is 1. The Labute approximate surface area is 186 Å². The summed E-state index contributed by atoms with van der Waals surface area (Å²) in [5.41, 5.74) is 4.09. The second-order valence-corrected chi connectivity index (χ2v) is 7.74. The summed E-state index contributed by atoms with van der Waals surface area (Å²) in [7, 11) is 0. The van der Waals surface area contributed by atoms with Gasteiger partial charge in [0.1, 0.15) is 6.04 Å². The molecular weight excluding hydrogens is 427 g/mol. The number of fused-ring (bicyclic) bond motifs is 2. The fraction of sp³-hybridized carbons (Fsp3) is 0.182. The standard InChI is InChI=1S/C22H17FN8O2/c1-12-4-2-5-13-10-16(29-31(12)13)19-18-15(25-11-26-18)7-9-30(19)22(32)21-28-27-20(33-21)17-14(23)6-3-8-24-17/h2-6,8,10-11,19H,7,9H2,1H3,(H,25,26)/t19-/m0/s1. The molecule has 6 heterocycles. The highest BCUT2D eigenvalue weighted by molar-refractivity contribution is 5.90. The Morgan fingerprint density at radius 1 is 1.21 bits per heavy atom. The third kappa shape index (κ3) is 3.08. The van der Waals surface area contributed by atoms with Gasteiger partial charge in [0, 0.05) is 30.6 Å². The summed E-state index contributed by atoms with van der Waals surface area (Å²) in [6, 6.07) is 9.95. The molecule has 1 aliphatic heterocycles. The SMILES string of the molecule is Cc1cccc2cc([C@H]3c4nc[nH]c4CCN3C(=O)c3nnc(-c4ncccc4F)o3)nn12. The fourth-order valence-corrected chi connectivity index (χ4v) is 4.17. The highest BCUT2D eigenvalue weighted by Crippen LogP contribution is 2.34. The zero-order chi connectivity index (χ0) is 22.5. The summed E-state index contributed by atoms with van der Waals surface area (Å²) in [5, 5.41) is 12.5. The number of H-pyrrole nitrogens is 1. The van der Waals surface area contributed by atoms with Crippen LogP contribution in [0.4, 0.5) is 4.39 Å². The summed E-state index contributed by atoms with van der Waals surface area (Å²) in [6.07, 6.45) is 3.61. The van der Waals surface area contributed by atoms with Gasteiger partial charge in [-0.3, -0.25) is 4.79 Å². The third-order valence-corrected chi connectivity index (χ3v) is 5.73. The molecule has 0 fully saturated rings. The first-order valence-electron chi connectivity index (χ1n) is 10.3. The number of hydrogen-bond donors (Lipinski definition) is 1. The molecule has 11 heteroatoms. The lowest BCUT2D eigenvalue weighted by molar-refractivity contribution is 0.0646. The summed E-state index contributed by atoms with van der Waals surface area (Å²) in [6.45, 7) is 2.35. The van der Waals surface area contributed by atoms with Gasteiger partial charge in [-0.25, -0.2) is 18.9 Å². The van der Waals surface area contributed by atoms with E-state index in [9.17, 15) is 9.18 Å². The van der Waals surface area contributed by atoms with Crippen LogP contribution in [0.1, 0.15) is 39.5 Å². The Bertz CT molecular complexity index is 1500. The van der Waals surface area contributed by atoms with Crippen LogP contribution in [-0.2, 0) is 6.42 Å². The molecule has 0 aliphatic carbocycles. The topological polar surface area (TPSA) is 118 Å². The molecule has 10 nitrogen and oxygen atoms in total. The summed E-state index contributed by atoms with van der Waals surface area (Å²) in [4.78, 5) is 26.6. The Balaban J connectivity index is 1.41. The first kappa shape index (κ1) is 19.3. The van der Waals surface area contributed by atoms with Gasteiger partial charge >= 0.3 is 11.8 Å². The zero-order valence-electron chi connectivity index (χ0n) is 17.4. The molecule has 164 valence electrons. The summed E-state index contributed by atoms with van der Waals surface area (Å²) < 4.78 is 21.4. The number of rotatable bonds is 3. The Morgan fingerprint density at radius 3 is 2.97 bits per heavy atom. The van der Waals surface area contributed by atoms with Crippen LogP contribution in [0, 0.1) is 12.7 Å². The second kappa shape index (κ2) is 7.33. The third-order valence-electron chi connectivity index (χ3n) is 5.73. The molecule has 5 aromatic heterocycles. The highest BCUT2D eigenvalue weighted by Gasteiger charge is 2.38. The van der Waals surface area contributed by atoms with E-state index >= 15 is 0 Å². The molecule has 33 heavy (non-hydrogen) atoms. The van der Waals surface area contributed by atoms with Crippen molar-refractivity contribution in [2.24, 2.45) is 0 Å². The van der Waals surface area contributed by atoms with Crippen molar-refractivity contribution in [3.63, 3.8) is 0 Å². The van der Waals surface area contributed by atoms with Gasteiger partial charge < -0.3 is 14.3 Å². The number of carbonyl (C=O) groups excluding carboxylic acids is 1. The summed E-state index contributed by atoms with van der Waals surface area (Å²) in [5.74, 6) is -1.51. The smallest absolute Gasteiger partial charge is 0.312 e. The van der Waals surface area contributed by atoms with Crippen LogP contribution in [0.25, 0.3) is 17.1 Å². The number of hydrogen-bond acceptors (Lipinski definition) is 7. The van der Waals surface area contributed by atoms with Gasteiger partial charge in [-0.1, -0.05) is 6.07 Å². The van der Waals surface area contributed by atoms with Gasteiger partial charge in [0.2, 0.25) is 0 Å². The quantitative estimate of drug-likeness (QED) is 0.455. The van der Waals surface area contributed by atoms with E-state index in [-0.39, 0.29) is 17.5 Å². The van der Waals surface area contributed by atoms with Crippen LogP contribution in [-0.4, -0.2) is 52.1 Å². The van der Waals surface area contributed by atoms with Crippen molar-refractivity contribution in [2.45, 2.75) is 19.4 Å². The van der Waals surface area contributed by atoms with Crippen LogP contribution in [0.5, 0.6) is 0 Å². The van der Waals surface area contributed by atoms with Gasteiger partial charge in [0.05, 0.1) is 23.2 Å². The van der Waals surface area contributed by atoms with Crippen molar-refractivity contribution in [3.8, 4) is 11.6 Å². The average molecular weight is 444 g/mol. The van der Waals surface area contributed by atoms with Crippen LogP contribution < -0.4 is 0 Å². The molecule has 1 N–H and O–H groups in total. The number of nitrogens with one attached hydrogen (secondary N) is 1. The normalized spacial score (nSPS) is 15.7. The van der Waals surface area contributed by atoms with Crippen molar-refractivity contribution >= 4 is 11.4 Å². The predicted octanol–water partition coefficient (Wildman–Crippen LogP) is 2.74. The van der Waals surface area contributed by atoms with Crippen molar-refractivity contribution in [2.75, 3.05) is 6.54 Å². The Kier molecular flexibility index (Phi) is 4.28. The van der Waals surface area contributed by atoms with Gasteiger partial charge in [-0.2, -0.15) is 5.10 Å². The van der Waals surface area contributed by atoms with Crippen molar-refractivity contribution in [3.05, 3.63) is 83.4 Å². The number of carbonyl (C=O) groups is 1. The maximum Gasteiger partial charge on any atom is 0.312 e. The number of nitrogens with zero attached hydrogens (tertiary/aromatic N) is 7. The Hall–Kier alpha value is -4.41. The molecule has 1 atom stereocenters. The lowest BCUT2D eigenvalue weighted by Crippen LogP contribution is -2.41. The van der Waals surface area contributed by atoms with Crippen molar-refractivity contribution in [1.82, 2.24) is 39.7 Å². The number of imidazole rings is 1. The minimum atomic E-state index is -0.614. The number of aromatic nitrogens is 7. The molecule has 0 bridgehead atoms.